The first-order valence-electron chi connectivity index (χ1n) is 8.10. The van der Waals surface area contributed by atoms with Crippen LogP contribution in [0, 0.1) is 6.92 Å². The van der Waals surface area contributed by atoms with Crippen LogP contribution >= 0.6 is 11.6 Å². The molecule has 1 amide bonds. The summed E-state index contributed by atoms with van der Waals surface area (Å²) < 4.78 is 10.6. The van der Waals surface area contributed by atoms with E-state index >= 15 is 0 Å². The maximum atomic E-state index is 12.5. The molecule has 2 aromatic carbocycles. The summed E-state index contributed by atoms with van der Waals surface area (Å²) >= 11 is 6.07. The fourth-order valence-electron chi connectivity index (χ4n) is 2.52. The summed E-state index contributed by atoms with van der Waals surface area (Å²) in [6.45, 7) is 3.56. The molecule has 0 bridgehead atoms. The molecule has 1 atom stereocenters. The summed E-state index contributed by atoms with van der Waals surface area (Å²) in [5, 5.41) is 3.30. The monoisotopic (exact) mass is 372 g/mol. The predicted octanol–water partition coefficient (Wildman–Crippen LogP) is 4.36. The average Bonchev–Trinajstić information content (AvgIpc) is 3.11. The van der Waals surface area contributed by atoms with Gasteiger partial charge in [-0.3, -0.25) is 4.79 Å². The lowest BCUT2D eigenvalue weighted by molar-refractivity contribution is -0.124. The van der Waals surface area contributed by atoms with Crippen molar-refractivity contribution in [1.29, 1.82) is 0 Å². The lowest BCUT2D eigenvalue weighted by Gasteiger charge is -2.17. The highest BCUT2D eigenvalue weighted by Gasteiger charge is 2.24. The molecule has 0 spiro atoms. The number of rotatable bonds is 5. The number of anilines is 1. The van der Waals surface area contributed by atoms with Crippen LogP contribution in [0.2, 0.25) is 5.02 Å². The number of carbonyl (C=O) groups excluding carboxylic acids is 2. The molecule has 3 aromatic rings. The number of nitrogens with one attached hydrogen (secondary N) is 1. The van der Waals surface area contributed by atoms with E-state index in [0.717, 1.165) is 5.56 Å². The van der Waals surface area contributed by atoms with Gasteiger partial charge in [0.2, 0.25) is 0 Å². The molecule has 6 nitrogen and oxygen atoms in total. The van der Waals surface area contributed by atoms with Gasteiger partial charge in [0.25, 0.3) is 5.91 Å². The van der Waals surface area contributed by atoms with E-state index < -0.39 is 18.0 Å². The fourth-order valence-corrected chi connectivity index (χ4v) is 2.70. The van der Waals surface area contributed by atoms with Crippen LogP contribution in [0.25, 0.3) is 11.1 Å². The first-order valence-corrected chi connectivity index (χ1v) is 8.48. The number of aromatic nitrogens is 1. The smallest absolute Gasteiger partial charge is 0.341 e. The van der Waals surface area contributed by atoms with E-state index in [1.54, 1.807) is 50.2 Å². The number of para-hydroxylation sites is 1. The summed E-state index contributed by atoms with van der Waals surface area (Å²) in [6.07, 6.45) is 0.641. The van der Waals surface area contributed by atoms with Crippen LogP contribution in [0.4, 0.5) is 5.69 Å². The number of hydrogen-bond acceptors (Lipinski definition) is 5. The number of fused-ring (bicyclic) bond motifs is 1. The Labute approximate surface area is 155 Å². The van der Waals surface area contributed by atoms with Crippen LogP contribution in [0.1, 0.15) is 29.3 Å². The van der Waals surface area contributed by atoms with E-state index in [4.69, 9.17) is 20.8 Å². The minimum Gasteiger partial charge on any atom is -0.449 e. The van der Waals surface area contributed by atoms with Crippen LogP contribution in [0.5, 0.6) is 0 Å². The topological polar surface area (TPSA) is 81.4 Å². The third-order valence-electron chi connectivity index (χ3n) is 4.02. The molecule has 0 aliphatic rings. The number of nitrogens with zero attached hydrogens (tertiary/aromatic N) is 1. The molecule has 0 saturated carbocycles. The van der Waals surface area contributed by atoms with Gasteiger partial charge in [0.15, 0.2) is 18.1 Å². The van der Waals surface area contributed by atoms with Gasteiger partial charge in [0, 0.05) is 10.7 Å². The van der Waals surface area contributed by atoms with Crippen molar-refractivity contribution in [3.8, 4) is 0 Å². The minimum atomic E-state index is -0.942. The van der Waals surface area contributed by atoms with E-state index in [1.165, 1.54) is 6.39 Å². The van der Waals surface area contributed by atoms with Gasteiger partial charge in [0.05, 0.1) is 5.56 Å². The van der Waals surface area contributed by atoms with Crippen LogP contribution in [-0.2, 0) is 9.53 Å². The zero-order chi connectivity index (χ0) is 18.7. The Morgan fingerprint density at radius 3 is 2.81 bits per heavy atom. The first-order chi connectivity index (χ1) is 12.5. The number of benzene rings is 2. The molecule has 0 aliphatic carbocycles. The summed E-state index contributed by atoms with van der Waals surface area (Å²) in [7, 11) is 0. The summed E-state index contributed by atoms with van der Waals surface area (Å²) in [6, 6.07) is 10.2. The SMILES string of the molecule is CCC(OC(=O)c1cccc2ocnc12)C(=O)Nc1cccc(Cl)c1C. The Morgan fingerprint density at radius 1 is 1.27 bits per heavy atom. The third-order valence-corrected chi connectivity index (χ3v) is 4.43. The zero-order valence-corrected chi connectivity index (χ0v) is 15.0. The Bertz CT molecular complexity index is 967. The van der Waals surface area contributed by atoms with Crippen LogP contribution in [0.3, 0.4) is 0 Å². The molecule has 7 heteroatoms. The average molecular weight is 373 g/mol. The van der Waals surface area contributed by atoms with Crippen molar-refractivity contribution in [3.63, 3.8) is 0 Å². The van der Waals surface area contributed by atoms with Crippen molar-refractivity contribution >= 4 is 40.3 Å². The van der Waals surface area contributed by atoms with Crippen molar-refractivity contribution in [2.75, 3.05) is 5.32 Å². The second kappa shape index (κ2) is 7.58. The molecule has 3 rings (SSSR count). The molecule has 1 heterocycles. The highest BCUT2D eigenvalue weighted by molar-refractivity contribution is 6.31. The second-order valence-corrected chi connectivity index (χ2v) is 6.12. The fraction of sp³-hybridized carbons (Fsp3) is 0.211. The first kappa shape index (κ1) is 17.9. The van der Waals surface area contributed by atoms with Crippen LogP contribution in [-0.4, -0.2) is 23.0 Å². The van der Waals surface area contributed by atoms with Gasteiger partial charge in [-0.2, -0.15) is 0 Å². The molecule has 134 valence electrons. The highest BCUT2D eigenvalue weighted by atomic mass is 35.5. The van der Waals surface area contributed by atoms with E-state index in [2.05, 4.69) is 10.3 Å². The normalized spacial score (nSPS) is 12.0. The summed E-state index contributed by atoms with van der Waals surface area (Å²) in [5.74, 6) is -1.05. The molecule has 26 heavy (non-hydrogen) atoms. The summed E-state index contributed by atoms with van der Waals surface area (Å²) in [5.41, 5.74) is 2.46. The van der Waals surface area contributed by atoms with Gasteiger partial charge in [-0.05, 0) is 43.2 Å². The number of oxazole rings is 1. The number of ether oxygens (including phenoxy) is 1. The molecular formula is C19H17ClN2O4. The van der Waals surface area contributed by atoms with E-state index in [-0.39, 0.29) is 5.56 Å². The zero-order valence-electron chi connectivity index (χ0n) is 14.3. The Balaban J connectivity index is 1.76. The number of hydrogen-bond donors (Lipinski definition) is 1. The van der Waals surface area contributed by atoms with Gasteiger partial charge < -0.3 is 14.5 Å². The van der Waals surface area contributed by atoms with Gasteiger partial charge in [-0.15, -0.1) is 0 Å². The van der Waals surface area contributed by atoms with Gasteiger partial charge in [0.1, 0.15) is 5.52 Å². The van der Waals surface area contributed by atoms with E-state index in [0.29, 0.717) is 28.2 Å². The van der Waals surface area contributed by atoms with Gasteiger partial charge in [-0.25, -0.2) is 9.78 Å². The Kier molecular flexibility index (Phi) is 5.23. The maximum absolute atomic E-state index is 12.5. The number of esters is 1. The lowest BCUT2D eigenvalue weighted by Crippen LogP contribution is -2.32. The van der Waals surface area contributed by atoms with Crippen molar-refractivity contribution in [3.05, 3.63) is 58.9 Å². The Morgan fingerprint density at radius 2 is 2.04 bits per heavy atom. The maximum Gasteiger partial charge on any atom is 0.341 e. The molecule has 0 aliphatic heterocycles. The number of amides is 1. The van der Waals surface area contributed by atoms with Crippen molar-refractivity contribution in [2.24, 2.45) is 0 Å². The van der Waals surface area contributed by atoms with Gasteiger partial charge in [-0.1, -0.05) is 30.7 Å². The van der Waals surface area contributed by atoms with Crippen LogP contribution in [0.15, 0.2) is 47.2 Å². The van der Waals surface area contributed by atoms with E-state index in [9.17, 15) is 9.59 Å². The number of halogens is 1. The molecule has 0 fully saturated rings. The molecule has 0 radical (unpaired) electrons. The molecule has 1 N–H and O–H groups in total. The summed E-state index contributed by atoms with van der Waals surface area (Å²) in [4.78, 5) is 29.0. The Hall–Kier alpha value is -2.86. The molecular weight excluding hydrogens is 356 g/mol. The quantitative estimate of drug-likeness (QED) is 0.673. The van der Waals surface area contributed by atoms with Crippen molar-refractivity contribution in [2.45, 2.75) is 26.4 Å². The molecule has 1 unspecified atom stereocenters. The highest BCUT2D eigenvalue weighted by Crippen LogP contribution is 2.24. The predicted molar refractivity (Wildman–Crippen MR) is 98.3 cm³/mol. The third kappa shape index (κ3) is 3.55. The van der Waals surface area contributed by atoms with Crippen LogP contribution < -0.4 is 5.32 Å². The molecule has 0 saturated heterocycles. The minimum absolute atomic E-state index is 0.251. The largest absolute Gasteiger partial charge is 0.449 e. The van der Waals surface area contributed by atoms with Crippen molar-refractivity contribution < 1.29 is 18.7 Å². The second-order valence-electron chi connectivity index (χ2n) is 5.71. The van der Waals surface area contributed by atoms with Crippen molar-refractivity contribution in [1.82, 2.24) is 4.98 Å². The standard InChI is InChI=1S/C19H17ClN2O4/c1-3-15(18(23)22-14-8-5-7-13(20)11(14)2)26-19(24)12-6-4-9-16-17(12)21-10-25-16/h4-10,15H,3H2,1-2H3,(H,22,23). The van der Waals surface area contributed by atoms with E-state index in [1.807, 2.05) is 0 Å². The van der Waals surface area contributed by atoms with Gasteiger partial charge >= 0.3 is 5.97 Å². The molecule has 1 aromatic heterocycles. The number of carbonyl (C=O) groups is 2. The lowest BCUT2D eigenvalue weighted by atomic mass is 10.1.